The highest BCUT2D eigenvalue weighted by Gasteiger charge is 1.97. The molecule has 0 saturated heterocycles. The lowest BCUT2D eigenvalue weighted by molar-refractivity contribution is 0.620. The molecule has 0 amide bonds. The molecule has 2 aromatic carbocycles. The molecular weight excluding hydrogens is 286 g/mol. The molecule has 0 radical (unpaired) electrons. The van der Waals surface area contributed by atoms with Crippen molar-refractivity contribution < 1.29 is 8.78 Å². The van der Waals surface area contributed by atoms with Crippen molar-refractivity contribution in [2.45, 2.75) is 0 Å². The van der Waals surface area contributed by atoms with Crippen LogP contribution >= 0.6 is 15.9 Å². The SMILES string of the molecule is Fc1ccc(C#Cc2ccc(Br)c(F)c2)cc1. The smallest absolute Gasteiger partial charge is 0.138 e. The van der Waals surface area contributed by atoms with Gasteiger partial charge in [0.25, 0.3) is 0 Å². The van der Waals surface area contributed by atoms with Crippen molar-refractivity contribution in [1.29, 1.82) is 0 Å². The second-order valence-corrected chi connectivity index (χ2v) is 4.24. The summed E-state index contributed by atoms with van der Waals surface area (Å²) in [6, 6.07) is 10.5. The Bertz CT molecular complexity index is 592. The molecule has 2 aromatic rings. The second-order valence-electron chi connectivity index (χ2n) is 3.39. The molecule has 0 bridgehead atoms. The van der Waals surface area contributed by atoms with E-state index in [4.69, 9.17) is 0 Å². The van der Waals surface area contributed by atoms with Crippen molar-refractivity contribution in [3.63, 3.8) is 0 Å². The average molecular weight is 293 g/mol. The Morgan fingerprint density at radius 3 is 2.06 bits per heavy atom. The van der Waals surface area contributed by atoms with Crippen LogP contribution < -0.4 is 0 Å². The van der Waals surface area contributed by atoms with Crippen molar-refractivity contribution in [3.05, 3.63) is 69.7 Å². The molecule has 0 N–H and O–H groups in total. The van der Waals surface area contributed by atoms with E-state index in [2.05, 4.69) is 27.8 Å². The molecule has 0 heterocycles. The first-order valence-electron chi connectivity index (χ1n) is 4.88. The third-order valence-corrected chi connectivity index (χ3v) is 2.76. The van der Waals surface area contributed by atoms with Crippen LogP contribution in [0, 0.1) is 23.5 Å². The minimum absolute atomic E-state index is 0.301. The van der Waals surface area contributed by atoms with E-state index < -0.39 is 0 Å². The zero-order valence-corrected chi connectivity index (χ0v) is 10.3. The molecule has 17 heavy (non-hydrogen) atoms. The van der Waals surface area contributed by atoms with Gasteiger partial charge in [-0.15, -0.1) is 0 Å². The van der Waals surface area contributed by atoms with Crippen LogP contribution in [0.5, 0.6) is 0 Å². The van der Waals surface area contributed by atoms with Gasteiger partial charge in [0.2, 0.25) is 0 Å². The maximum Gasteiger partial charge on any atom is 0.138 e. The highest BCUT2D eigenvalue weighted by Crippen LogP contribution is 2.15. The van der Waals surface area contributed by atoms with Gasteiger partial charge in [-0.1, -0.05) is 11.8 Å². The van der Waals surface area contributed by atoms with Crippen molar-refractivity contribution >= 4 is 15.9 Å². The summed E-state index contributed by atoms with van der Waals surface area (Å²) < 4.78 is 26.2. The fourth-order valence-corrected chi connectivity index (χ4v) is 1.50. The molecule has 0 spiro atoms. The lowest BCUT2D eigenvalue weighted by atomic mass is 10.2. The standard InChI is InChI=1S/C14H7BrF2/c15-13-8-5-11(9-14(13)17)2-1-10-3-6-12(16)7-4-10/h3-9H. The topological polar surface area (TPSA) is 0 Å². The van der Waals surface area contributed by atoms with E-state index in [1.165, 1.54) is 18.2 Å². The molecule has 0 fully saturated rings. The highest BCUT2D eigenvalue weighted by atomic mass is 79.9. The number of rotatable bonds is 0. The van der Waals surface area contributed by atoms with Crippen LogP contribution in [0.4, 0.5) is 8.78 Å². The van der Waals surface area contributed by atoms with Crippen LogP contribution in [0.1, 0.15) is 11.1 Å². The fraction of sp³-hybridized carbons (Fsp3) is 0. The Kier molecular flexibility index (Phi) is 3.55. The third kappa shape index (κ3) is 3.15. The summed E-state index contributed by atoms with van der Waals surface area (Å²) in [4.78, 5) is 0. The van der Waals surface area contributed by atoms with E-state index in [0.717, 1.165) is 0 Å². The first-order chi connectivity index (χ1) is 8.15. The second kappa shape index (κ2) is 5.11. The average Bonchev–Trinajstić information content (AvgIpc) is 2.33. The predicted octanol–water partition coefficient (Wildman–Crippen LogP) is 4.13. The maximum absolute atomic E-state index is 13.2. The van der Waals surface area contributed by atoms with Gasteiger partial charge < -0.3 is 0 Å². The summed E-state index contributed by atoms with van der Waals surface area (Å²) >= 11 is 3.07. The Hall–Kier alpha value is -1.66. The van der Waals surface area contributed by atoms with Crippen LogP contribution in [-0.4, -0.2) is 0 Å². The summed E-state index contributed by atoms with van der Waals surface area (Å²) in [5.74, 6) is 5.00. The van der Waals surface area contributed by atoms with Gasteiger partial charge in [0.15, 0.2) is 0 Å². The molecule has 3 heteroatoms. The molecular formula is C14H7BrF2. The van der Waals surface area contributed by atoms with E-state index in [1.807, 2.05) is 0 Å². The Morgan fingerprint density at radius 2 is 1.41 bits per heavy atom. The molecule has 0 aliphatic heterocycles. The van der Waals surface area contributed by atoms with Crippen molar-refractivity contribution in [2.24, 2.45) is 0 Å². The summed E-state index contributed by atoms with van der Waals surface area (Å²) in [5.41, 5.74) is 1.27. The molecule has 0 saturated carbocycles. The summed E-state index contributed by atoms with van der Waals surface area (Å²) in [6.07, 6.45) is 0. The van der Waals surface area contributed by atoms with Crippen molar-refractivity contribution in [3.8, 4) is 11.8 Å². The van der Waals surface area contributed by atoms with E-state index in [9.17, 15) is 8.78 Å². The van der Waals surface area contributed by atoms with E-state index >= 15 is 0 Å². The quantitative estimate of drug-likeness (QED) is 0.641. The summed E-state index contributed by atoms with van der Waals surface area (Å²) in [7, 11) is 0. The van der Waals surface area contributed by atoms with E-state index in [0.29, 0.717) is 15.6 Å². The largest absolute Gasteiger partial charge is 0.207 e. The van der Waals surface area contributed by atoms with Crippen molar-refractivity contribution in [2.75, 3.05) is 0 Å². The third-order valence-electron chi connectivity index (χ3n) is 2.11. The first kappa shape index (κ1) is 11.8. The predicted molar refractivity (Wildman–Crippen MR) is 66.5 cm³/mol. The van der Waals surface area contributed by atoms with Gasteiger partial charge in [0.1, 0.15) is 11.6 Å². The summed E-state index contributed by atoms with van der Waals surface area (Å²) in [5, 5.41) is 0. The highest BCUT2D eigenvalue weighted by molar-refractivity contribution is 9.10. The molecule has 84 valence electrons. The Morgan fingerprint density at radius 1 is 0.824 bits per heavy atom. The van der Waals surface area contributed by atoms with Gasteiger partial charge in [-0.2, -0.15) is 0 Å². The van der Waals surface area contributed by atoms with Crippen LogP contribution in [0.25, 0.3) is 0 Å². The number of hydrogen-bond donors (Lipinski definition) is 0. The van der Waals surface area contributed by atoms with Gasteiger partial charge in [-0.3, -0.25) is 0 Å². The van der Waals surface area contributed by atoms with Crippen LogP contribution in [0.15, 0.2) is 46.9 Å². The normalized spacial score (nSPS) is 9.59. The molecule has 0 atom stereocenters. The Labute approximate surface area is 106 Å². The molecule has 0 nitrogen and oxygen atoms in total. The van der Waals surface area contributed by atoms with E-state index in [1.54, 1.807) is 24.3 Å². The number of benzene rings is 2. The van der Waals surface area contributed by atoms with Gasteiger partial charge in [0, 0.05) is 11.1 Å². The monoisotopic (exact) mass is 292 g/mol. The molecule has 2 rings (SSSR count). The van der Waals surface area contributed by atoms with Crippen LogP contribution in [-0.2, 0) is 0 Å². The first-order valence-corrected chi connectivity index (χ1v) is 5.67. The van der Waals surface area contributed by atoms with Gasteiger partial charge in [0.05, 0.1) is 4.47 Å². The van der Waals surface area contributed by atoms with E-state index in [-0.39, 0.29) is 11.6 Å². The minimum atomic E-state index is -0.351. The van der Waals surface area contributed by atoms with Gasteiger partial charge in [-0.05, 0) is 58.4 Å². The lowest BCUT2D eigenvalue weighted by Gasteiger charge is -1.94. The van der Waals surface area contributed by atoms with Gasteiger partial charge in [-0.25, -0.2) is 8.78 Å². The van der Waals surface area contributed by atoms with Crippen LogP contribution in [0.2, 0.25) is 0 Å². The minimum Gasteiger partial charge on any atom is -0.207 e. The zero-order valence-electron chi connectivity index (χ0n) is 8.68. The number of halogens is 3. The number of hydrogen-bond acceptors (Lipinski definition) is 0. The molecule has 0 unspecified atom stereocenters. The van der Waals surface area contributed by atoms with Crippen LogP contribution in [0.3, 0.4) is 0 Å². The van der Waals surface area contributed by atoms with Gasteiger partial charge >= 0.3 is 0 Å². The molecule has 0 aliphatic carbocycles. The summed E-state index contributed by atoms with van der Waals surface area (Å²) in [6.45, 7) is 0. The lowest BCUT2D eigenvalue weighted by Crippen LogP contribution is -1.81. The molecule has 0 aliphatic rings. The maximum atomic E-state index is 13.2. The zero-order chi connectivity index (χ0) is 12.3. The Balaban J connectivity index is 2.26. The van der Waals surface area contributed by atoms with Crippen molar-refractivity contribution in [1.82, 2.24) is 0 Å². The fourth-order valence-electron chi connectivity index (χ4n) is 1.25. The molecule has 0 aromatic heterocycles.